The van der Waals surface area contributed by atoms with E-state index in [-0.39, 0.29) is 24.8 Å². The maximum atomic E-state index is 12.3. The summed E-state index contributed by atoms with van der Waals surface area (Å²) < 4.78 is 13.3. The summed E-state index contributed by atoms with van der Waals surface area (Å²) in [5, 5.41) is 15.4. The van der Waals surface area contributed by atoms with Gasteiger partial charge in [0.05, 0.1) is 18.8 Å². The molecular formula is C37H47N3O4. The average molecular weight is 598 g/mol. The Kier molecular flexibility index (Phi) is 9.11. The number of nitrogens with one attached hydrogen (secondary N) is 2. The van der Waals surface area contributed by atoms with Crippen LogP contribution in [0.4, 0.5) is 4.79 Å². The molecule has 0 spiro atoms. The molecule has 3 aromatic rings. The molecule has 2 aliphatic heterocycles. The predicted octanol–water partition coefficient (Wildman–Crippen LogP) is 6.62. The molecule has 7 heteroatoms. The first-order valence-corrected chi connectivity index (χ1v) is 16.1. The lowest BCUT2D eigenvalue weighted by molar-refractivity contribution is -0.253. The van der Waals surface area contributed by atoms with Crippen molar-refractivity contribution in [3.63, 3.8) is 0 Å². The number of benzene rings is 3. The molecule has 5 unspecified atom stereocenters. The summed E-state index contributed by atoms with van der Waals surface area (Å²) >= 11 is 0. The summed E-state index contributed by atoms with van der Waals surface area (Å²) in [5.41, 5.74) is 5.79. The number of aliphatic hydroxyl groups is 1. The van der Waals surface area contributed by atoms with Crippen LogP contribution in [0, 0.1) is 10.8 Å². The van der Waals surface area contributed by atoms with Gasteiger partial charge >= 0.3 is 6.03 Å². The van der Waals surface area contributed by atoms with E-state index in [9.17, 15) is 9.90 Å². The third-order valence-electron chi connectivity index (χ3n) is 9.58. The zero-order chi connectivity index (χ0) is 30.7. The Morgan fingerprint density at radius 1 is 0.841 bits per heavy atom. The Labute approximate surface area is 262 Å². The fourth-order valence-electron chi connectivity index (χ4n) is 7.90. The summed E-state index contributed by atoms with van der Waals surface area (Å²) in [6.07, 6.45) is 4.03. The van der Waals surface area contributed by atoms with Gasteiger partial charge in [0.2, 0.25) is 0 Å². The second kappa shape index (κ2) is 13.0. The quantitative estimate of drug-likeness (QED) is 0.258. The molecule has 7 nitrogen and oxygen atoms in total. The lowest BCUT2D eigenvalue weighted by atomic mass is 9.65. The molecule has 6 rings (SSSR count). The van der Waals surface area contributed by atoms with Gasteiger partial charge in [-0.15, -0.1) is 0 Å². The molecule has 1 saturated carbocycles. The molecule has 0 radical (unpaired) electrons. The van der Waals surface area contributed by atoms with E-state index in [1.807, 2.05) is 66.7 Å². The Morgan fingerprint density at radius 3 is 2.16 bits per heavy atom. The van der Waals surface area contributed by atoms with Crippen LogP contribution in [0.3, 0.4) is 0 Å². The number of fused-ring (bicyclic) bond motifs is 2. The number of hydrogen-bond donors (Lipinski definition) is 3. The first-order valence-electron chi connectivity index (χ1n) is 16.1. The molecule has 3 aromatic carbocycles. The van der Waals surface area contributed by atoms with Crippen LogP contribution >= 0.6 is 0 Å². The molecule has 0 aromatic heterocycles. The van der Waals surface area contributed by atoms with Crippen molar-refractivity contribution in [2.75, 3.05) is 13.1 Å². The minimum absolute atomic E-state index is 0.0293. The number of rotatable bonds is 9. The van der Waals surface area contributed by atoms with E-state index in [1.54, 1.807) is 0 Å². The van der Waals surface area contributed by atoms with Crippen molar-refractivity contribution in [2.45, 2.75) is 90.7 Å². The van der Waals surface area contributed by atoms with Crippen molar-refractivity contribution < 1.29 is 19.4 Å². The minimum Gasteiger partial charge on any atom is -0.392 e. The molecule has 234 valence electrons. The van der Waals surface area contributed by atoms with Crippen LogP contribution in [-0.2, 0) is 29.2 Å². The first kappa shape index (κ1) is 30.8. The van der Waals surface area contributed by atoms with E-state index >= 15 is 0 Å². The van der Waals surface area contributed by atoms with Crippen molar-refractivity contribution in [1.82, 2.24) is 15.5 Å². The van der Waals surface area contributed by atoms with Crippen LogP contribution in [-0.4, -0.2) is 41.3 Å². The fraction of sp³-hybridized carbons (Fsp3) is 0.486. The second-order valence-electron chi connectivity index (χ2n) is 14.3. The zero-order valence-corrected chi connectivity index (χ0v) is 26.3. The fourth-order valence-corrected chi connectivity index (χ4v) is 7.90. The SMILES string of the molecule is CC1(C)CC2CC(C)(CN2CC2CC(c3ccc(CO)cc3)OC(c3ccc(CNC(=O)NCc4ccccc4)cc3)O2)C1. The summed E-state index contributed by atoms with van der Waals surface area (Å²) in [6.45, 7) is 10.3. The topological polar surface area (TPSA) is 83.1 Å². The predicted molar refractivity (Wildman–Crippen MR) is 171 cm³/mol. The molecule has 5 atom stereocenters. The van der Waals surface area contributed by atoms with Gasteiger partial charge in [-0.3, -0.25) is 4.90 Å². The highest BCUT2D eigenvalue weighted by Gasteiger charge is 2.50. The molecule has 1 aliphatic carbocycles. The molecule has 3 fully saturated rings. The minimum atomic E-state index is -0.485. The number of nitrogens with zero attached hydrogens (tertiary/aromatic N) is 1. The molecule has 2 saturated heterocycles. The van der Waals surface area contributed by atoms with E-state index < -0.39 is 6.29 Å². The summed E-state index contributed by atoms with van der Waals surface area (Å²) in [5.74, 6) is 0. The Balaban J connectivity index is 1.11. The summed E-state index contributed by atoms with van der Waals surface area (Å²) in [7, 11) is 0. The van der Waals surface area contributed by atoms with Crippen LogP contribution in [0.5, 0.6) is 0 Å². The Morgan fingerprint density at radius 2 is 1.48 bits per heavy atom. The third kappa shape index (κ3) is 7.52. The maximum absolute atomic E-state index is 12.3. The zero-order valence-electron chi connectivity index (χ0n) is 26.3. The van der Waals surface area contributed by atoms with Gasteiger partial charge in [-0.2, -0.15) is 0 Å². The standard InChI is InChI=1S/C37H47N3O4/c1-36(2)18-31-19-37(3,24-36)25-40(31)22-32-17-33(29-13-11-28(23-41)12-14-29)44-34(43-32)30-15-9-27(10-16-30)21-39-35(42)38-20-26-7-5-4-6-8-26/h4-16,31-34,41H,17-25H2,1-3H3,(H2,38,39,42). The van der Waals surface area contributed by atoms with Gasteiger partial charge in [0.1, 0.15) is 0 Å². The van der Waals surface area contributed by atoms with Gasteiger partial charge in [-0.25, -0.2) is 4.79 Å². The summed E-state index contributed by atoms with van der Waals surface area (Å²) in [6, 6.07) is 26.5. The van der Waals surface area contributed by atoms with Crippen LogP contribution in [0.1, 0.15) is 86.7 Å². The van der Waals surface area contributed by atoms with Crippen molar-refractivity contribution in [1.29, 1.82) is 0 Å². The molecule has 3 aliphatic rings. The van der Waals surface area contributed by atoms with Crippen molar-refractivity contribution >= 4 is 6.03 Å². The Bertz CT molecular complexity index is 1390. The summed E-state index contributed by atoms with van der Waals surface area (Å²) in [4.78, 5) is 15.0. The highest BCUT2D eigenvalue weighted by molar-refractivity contribution is 5.73. The van der Waals surface area contributed by atoms with Gasteiger partial charge in [0.15, 0.2) is 6.29 Å². The van der Waals surface area contributed by atoms with E-state index in [0.29, 0.717) is 30.0 Å². The van der Waals surface area contributed by atoms with Crippen molar-refractivity contribution in [3.05, 3.63) is 107 Å². The molecule has 2 heterocycles. The van der Waals surface area contributed by atoms with E-state index in [2.05, 4.69) is 48.4 Å². The van der Waals surface area contributed by atoms with Gasteiger partial charge < -0.3 is 25.2 Å². The lowest BCUT2D eigenvalue weighted by Crippen LogP contribution is -2.42. The second-order valence-corrected chi connectivity index (χ2v) is 14.3. The van der Waals surface area contributed by atoms with E-state index in [0.717, 1.165) is 47.3 Å². The number of carbonyl (C=O) groups is 1. The molecule has 2 amide bonds. The van der Waals surface area contributed by atoms with Gasteiger partial charge in [0.25, 0.3) is 0 Å². The number of aliphatic hydroxyl groups excluding tert-OH is 1. The average Bonchev–Trinajstić information content (AvgIpc) is 3.26. The molecule has 2 bridgehead atoms. The van der Waals surface area contributed by atoms with Gasteiger partial charge in [-0.05, 0) is 52.3 Å². The van der Waals surface area contributed by atoms with E-state index in [1.165, 1.54) is 19.3 Å². The van der Waals surface area contributed by atoms with Crippen molar-refractivity contribution in [2.24, 2.45) is 10.8 Å². The Hall–Kier alpha value is -3.23. The molecule has 3 N–H and O–H groups in total. The number of amides is 2. The van der Waals surface area contributed by atoms with Crippen LogP contribution in [0.15, 0.2) is 78.9 Å². The molecular weight excluding hydrogens is 550 g/mol. The van der Waals surface area contributed by atoms with Crippen LogP contribution in [0.25, 0.3) is 0 Å². The van der Waals surface area contributed by atoms with Crippen LogP contribution < -0.4 is 10.6 Å². The molecule has 44 heavy (non-hydrogen) atoms. The highest BCUT2D eigenvalue weighted by atomic mass is 16.7. The van der Waals surface area contributed by atoms with E-state index in [4.69, 9.17) is 9.47 Å². The maximum Gasteiger partial charge on any atom is 0.315 e. The van der Waals surface area contributed by atoms with Crippen LogP contribution in [0.2, 0.25) is 0 Å². The number of carbonyl (C=O) groups excluding carboxylic acids is 1. The third-order valence-corrected chi connectivity index (χ3v) is 9.58. The number of urea groups is 1. The smallest absolute Gasteiger partial charge is 0.315 e. The number of likely N-dealkylation sites (tertiary alicyclic amines) is 1. The lowest BCUT2D eigenvalue weighted by Gasteiger charge is -2.41. The largest absolute Gasteiger partial charge is 0.392 e. The first-order chi connectivity index (χ1) is 21.2. The van der Waals surface area contributed by atoms with Crippen molar-refractivity contribution in [3.8, 4) is 0 Å². The highest BCUT2D eigenvalue weighted by Crippen LogP contribution is 2.53. The van der Waals surface area contributed by atoms with Gasteiger partial charge in [-0.1, -0.05) is 99.6 Å². The monoisotopic (exact) mass is 597 g/mol. The van der Waals surface area contributed by atoms with Gasteiger partial charge in [0, 0.05) is 44.2 Å². The number of ether oxygens (including phenoxy) is 2. The normalized spacial score (nSPS) is 28.0. The number of hydrogen-bond acceptors (Lipinski definition) is 5.